The van der Waals surface area contributed by atoms with E-state index in [1.165, 1.54) is 11.3 Å². The smallest absolute Gasteiger partial charge is 0.328 e. The van der Waals surface area contributed by atoms with Crippen LogP contribution in [0.1, 0.15) is 13.8 Å². The van der Waals surface area contributed by atoms with E-state index in [-0.39, 0.29) is 12.1 Å². The predicted molar refractivity (Wildman–Crippen MR) is 69.7 cm³/mol. The molecule has 0 aliphatic heterocycles. The summed E-state index contributed by atoms with van der Waals surface area (Å²) in [5, 5.41) is 2.84. The molecule has 0 radical (unpaired) electrons. The lowest BCUT2D eigenvalue weighted by Crippen LogP contribution is -2.33. The molecule has 1 aromatic carbocycles. The van der Waals surface area contributed by atoms with Crippen molar-refractivity contribution in [2.24, 2.45) is 0 Å². The largest absolute Gasteiger partial charge is 0.335 e. The minimum absolute atomic E-state index is 0.105. The SMILES string of the molecule is CC(C)NC(=O)n1c(=S)sc2ccccc21. The van der Waals surface area contributed by atoms with Crippen molar-refractivity contribution in [1.29, 1.82) is 0 Å². The quantitative estimate of drug-likeness (QED) is 0.789. The van der Waals surface area contributed by atoms with Crippen molar-refractivity contribution in [2.75, 3.05) is 0 Å². The highest BCUT2D eigenvalue weighted by Crippen LogP contribution is 2.22. The van der Waals surface area contributed by atoms with Gasteiger partial charge in [0, 0.05) is 6.04 Å². The first-order valence-electron chi connectivity index (χ1n) is 5.01. The Balaban J connectivity index is 2.55. The van der Waals surface area contributed by atoms with E-state index in [1.54, 1.807) is 4.57 Å². The summed E-state index contributed by atoms with van der Waals surface area (Å²) in [6, 6.07) is 7.67. The van der Waals surface area contributed by atoms with Crippen molar-refractivity contribution in [2.45, 2.75) is 19.9 Å². The molecule has 0 fully saturated rings. The number of fused-ring (bicyclic) bond motifs is 1. The lowest BCUT2D eigenvalue weighted by molar-refractivity contribution is 0.241. The van der Waals surface area contributed by atoms with E-state index in [0.717, 1.165) is 10.2 Å². The summed E-state index contributed by atoms with van der Waals surface area (Å²) < 4.78 is 3.17. The number of carbonyl (C=O) groups is 1. The molecule has 1 aromatic heterocycles. The van der Waals surface area contributed by atoms with E-state index >= 15 is 0 Å². The van der Waals surface area contributed by atoms with Crippen LogP contribution in [-0.2, 0) is 0 Å². The molecule has 1 heterocycles. The van der Waals surface area contributed by atoms with Crippen LogP contribution in [0.2, 0.25) is 0 Å². The van der Waals surface area contributed by atoms with E-state index in [1.807, 2.05) is 38.1 Å². The normalized spacial score (nSPS) is 10.9. The van der Waals surface area contributed by atoms with Gasteiger partial charge in [-0.25, -0.2) is 9.36 Å². The molecule has 0 bridgehead atoms. The van der Waals surface area contributed by atoms with Gasteiger partial charge in [-0.3, -0.25) is 0 Å². The zero-order valence-electron chi connectivity index (χ0n) is 9.06. The minimum atomic E-state index is -0.155. The highest BCUT2D eigenvalue weighted by atomic mass is 32.1. The molecule has 0 aliphatic rings. The molecule has 0 saturated carbocycles. The van der Waals surface area contributed by atoms with E-state index in [9.17, 15) is 4.79 Å². The Morgan fingerprint density at radius 2 is 2.12 bits per heavy atom. The van der Waals surface area contributed by atoms with Crippen molar-refractivity contribution < 1.29 is 4.79 Å². The van der Waals surface area contributed by atoms with Gasteiger partial charge in [0.25, 0.3) is 0 Å². The highest BCUT2D eigenvalue weighted by molar-refractivity contribution is 7.73. The number of rotatable bonds is 1. The summed E-state index contributed by atoms with van der Waals surface area (Å²) in [4.78, 5) is 11.9. The Hall–Kier alpha value is -1.20. The molecule has 0 spiro atoms. The Kier molecular flexibility index (Phi) is 3.07. The minimum Gasteiger partial charge on any atom is -0.335 e. The first-order chi connectivity index (χ1) is 7.59. The lowest BCUT2D eigenvalue weighted by Gasteiger charge is -2.09. The Bertz CT molecular complexity index is 583. The summed E-state index contributed by atoms with van der Waals surface area (Å²) in [6.07, 6.45) is 0. The lowest BCUT2D eigenvalue weighted by atomic mass is 10.3. The van der Waals surface area contributed by atoms with Crippen LogP contribution in [0.4, 0.5) is 4.79 Å². The average Bonchev–Trinajstić information content (AvgIpc) is 2.52. The molecule has 3 nitrogen and oxygen atoms in total. The maximum Gasteiger partial charge on any atom is 0.328 e. The second-order valence-corrected chi connectivity index (χ2v) is 5.45. The van der Waals surface area contributed by atoms with Crippen molar-refractivity contribution in [3.05, 3.63) is 28.2 Å². The van der Waals surface area contributed by atoms with Crippen molar-refractivity contribution in [3.8, 4) is 0 Å². The number of hydrogen-bond acceptors (Lipinski definition) is 3. The highest BCUT2D eigenvalue weighted by Gasteiger charge is 2.12. The standard InChI is InChI=1S/C11H12N2OS2/c1-7(2)12-10(14)13-8-5-3-4-6-9(8)16-11(13)15/h3-7H,1-2H3,(H,12,14). The summed E-state index contributed by atoms with van der Waals surface area (Å²) in [7, 11) is 0. The topological polar surface area (TPSA) is 34.0 Å². The summed E-state index contributed by atoms with van der Waals surface area (Å²) in [6.45, 7) is 3.85. The van der Waals surface area contributed by atoms with Crippen LogP contribution >= 0.6 is 23.6 Å². The molecular weight excluding hydrogens is 240 g/mol. The molecule has 0 unspecified atom stereocenters. The first-order valence-corrected chi connectivity index (χ1v) is 6.23. The molecule has 2 aromatic rings. The zero-order valence-corrected chi connectivity index (χ0v) is 10.7. The number of carbonyl (C=O) groups excluding carboxylic acids is 1. The predicted octanol–water partition coefficient (Wildman–Crippen LogP) is 3.40. The van der Waals surface area contributed by atoms with E-state index in [4.69, 9.17) is 12.2 Å². The number of para-hydroxylation sites is 1. The number of aromatic nitrogens is 1. The van der Waals surface area contributed by atoms with E-state index in [2.05, 4.69) is 5.32 Å². The number of benzene rings is 1. The fourth-order valence-corrected chi connectivity index (χ4v) is 2.79. The molecule has 0 saturated heterocycles. The second-order valence-electron chi connectivity index (χ2n) is 3.78. The fraction of sp³-hybridized carbons (Fsp3) is 0.273. The molecule has 1 amide bonds. The van der Waals surface area contributed by atoms with Crippen molar-refractivity contribution in [1.82, 2.24) is 9.88 Å². The van der Waals surface area contributed by atoms with E-state index < -0.39 is 0 Å². The zero-order chi connectivity index (χ0) is 11.7. The molecule has 5 heteroatoms. The summed E-state index contributed by atoms with van der Waals surface area (Å²) >= 11 is 6.65. The van der Waals surface area contributed by atoms with Gasteiger partial charge in [-0.2, -0.15) is 0 Å². The first kappa shape index (κ1) is 11.3. The van der Waals surface area contributed by atoms with Crippen LogP contribution in [0.5, 0.6) is 0 Å². The van der Waals surface area contributed by atoms with E-state index in [0.29, 0.717) is 3.95 Å². The van der Waals surface area contributed by atoms with Crippen LogP contribution in [-0.4, -0.2) is 16.6 Å². The molecule has 0 atom stereocenters. The molecule has 0 aliphatic carbocycles. The van der Waals surface area contributed by atoms with Crippen LogP contribution < -0.4 is 5.32 Å². The van der Waals surface area contributed by atoms with Crippen LogP contribution in [0, 0.1) is 3.95 Å². The molecule has 16 heavy (non-hydrogen) atoms. The van der Waals surface area contributed by atoms with Gasteiger partial charge in [0.15, 0.2) is 3.95 Å². The Labute approximate surface area is 103 Å². The molecular formula is C11H12N2OS2. The van der Waals surface area contributed by atoms with Crippen LogP contribution in [0.3, 0.4) is 0 Å². The van der Waals surface area contributed by atoms with Gasteiger partial charge in [-0.05, 0) is 38.2 Å². The van der Waals surface area contributed by atoms with Crippen molar-refractivity contribution in [3.63, 3.8) is 0 Å². The van der Waals surface area contributed by atoms with Gasteiger partial charge in [0.05, 0.1) is 10.2 Å². The van der Waals surface area contributed by atoms with Gasteiger partial charge >= 0.3 is 6.03 Å². The molecule has 2 rings (SSSR count). The molecule has 1 N–H and O–H groups in total. The van der Waals surface area contributed by atoms with Crippen LogP contribution in [0.15, 0.2) is 24.3 Å². The molecule has 84 valence electrons. The maximum atomic E-state index is 11.9. The summed E-state index contributed by atoms with van der Waals surface area (Å²) in [5.74, 6) is 0. The monoisotopic (exact) mass is 252 g/mol. The number of amides is 1. The van der Waals surface area contributed by atoms with Gasteiger partial charge < -0.3 is 5.32 Å². The third-order valence-corrected chi connectivity index (χ3v) is 3.46. The second kappa shape index (κ2) is 4.35. The Morgan fingerprint density at radius 1 is 1.44 bits per heavy atom. The fourth-order valence-electron chi connectivity index (χ4n) is 1.47. The average molecular weight is 252 g/mol. The van der Waals surface area contributed by atoms with Gasteiger partial charge in [0.1, 0.15) is 0 Å². The van der Waals surface area contributed by atoms with Gasteiger partial charge in [-0.15, -0.1) is 11.3 Å². The van der Waals surface area contributed by atoms with Crippen LogP contribution in [0.25, 0.3) is 10.2 Å². The Morgan fingerprint density at radius 3 is 2.81 bits per heavy atom. The third-order valence-electron chi connectivity index (χ3n) is 2.10. The number of thiazole rings is 1. The maximum absolute atomic E-state index is 11.9. The third kappa shape index (κ3) is 2.01. The number of nitrogens with zero attached hydrogens (tertiary/aromatic N) is 1. The van der Waals surface area contributed by atoms with Crippen molar-refractivity contribution >= 4 is 39.8 Å². The van der Waals surface area contributed by atoms with Gasteiger partial charge in [-0.1, -0.05) is 12.1 Å². The number of nitrogens with one attached hydrogen (secondary N) is 1. The van der Waals surface area contributed by atoms with Gasteiger partial charge in [0.2, 0.25) is 0 Å². The summed E-state index contributed by atoms with van der Waals surface area (Å²) in [5.41, 5.74) is 0.871. The number of hydrogen-bond donors (Lipinski definition) is 1.